The van der Waals surface area contributed by atoms with Crippen LogP contribution in [0.15, 0.2) is 42.5 Å². The van der Waals surface area contributed by atoms with Crippen LogP contribution < -0.4 is 5.32 Å². The van der Waals surface area contributed by atoms with Crippen molar-refractivity contribution in [2.45, 2.75) is 6.92 Å². The molecule has 0 saturated heterocycles. The van der Waals surface area contributed by atoms with Crippen LogP contribution >= 0.6 is 0 Å². The van der Waals surface area contributed by atoms with Gasteiger partial charge in [0.05, 0.1) is 11.3 Å². The van der Waals surface area contributed by atoms with Gasteiger partial charge in [-0.25, -0.2) is 0 Å². The van der Waals surface area contributed by atoms with Crippen molar-refractivity contribution in [1.82, 2.24) is 0 Å². The molecule has 1 amide bonds. The predicted molar refractivity (Wildman–Crippen MR) is 85.0 cm³/mol. The lowest BCUT2D eigenvalue weighted by molar-refractivity contribution is -0.144. The molecular weight excluding hydrogens is 310 g/mol. The number of hydrogen-bond donors (Lipinski definition) is 1. The van der Waals surface area contributed by atoms with E-state index in [2.05, 4.69) is 10.1 Å². The molecule has 0 unspecified atom stereocenters. The quantitative estimate of drug-likeness (QED) is 0.744. The third kappa shape index (κ3) is 2.69. The maximum atomic E-state index is 12.7. The molecule has 0 aliphatic heterocycles. The molecule has 1 N–H and O–H groups in total. The van der Waals surface area contributed by atoms with Gasteiger partial charge < -0.3 is 10.1 Å². The van der Waals surface area contributed by atoms with Crippen LogP contribution in [0.3, 0.4) is 0 Å². The van der Waals surface area contributed by atoms with Crippen LogP contribution in [0, 0.1) is 0 Å². The molecule has 0 fully saturated rings. The summed E-state index contributed by atoms with van der Waals surface area (Å²) in [6, 6.07) is 11.2. The Kier molecular flexibility index (Phi) is 3.95. The van der Waals surface area contributed by atoms with E-state index in [0.717, 1.165) is 0 Å². The van der Waals surface area contributed by atoms with Crippen LogP contribution in [-0.4, -0.2) is 30.0 Å². The third-order valence-corrected chi connectivity index (χ3v) is 3.63. The summed E-state index contributed by atoms with van der Waals surface area (Å²) in [5.74, 6) is -1.77. The smallest absolute Gasteiger partial charge is 0.303 e. The number of rotatable bonds is 3. The van der Waals surface area contributed by atoms with Crippen molar-refractivity contribution >= 4 is 29.1 Å². The molecular formula is C18H13NO5. The van der Waals surface area contributed by atoms with Gasteiger partial charge in [0.1, 0.15) is 0 Å². The Morgan fingerprint density at radius 3 is 2.21 bits per heavy atom. The first-order valence-corrected chi connectivity index (χ1v) is 7.23. The number of nitrogens with one attached hydrogen (secondary N) is 1. The molecule has 1 aliphatic rings. The lowest BCUT2D eigenvalue weighted by Crippen LogP contribution is -2.25. The van der Waals surface area contributed by atoms with E-state index in [1.54, 1.807) is 36.4 Å². The molecule has 0 aromatic heterocycles. The number of carbonyl (C=O) groups is 4. The lowest BCUT2D eigenvalue weighted by atomic mass is 9.83. The Morgan fingerprint density at radius 1 is 0.917 bits per heavy atom. The summed E-state index contributed by atoms with van der Waals surface area (Å²) < 4.78 is 4.62. The van der Waals surface area contributed by atoms with Crippen LogP contribution in [0.2, 0.25) is 0 Å². The Labute approximate surface area is 137 Å². The minimum absolute atomic E-state index is 0.150. The van der Waals surface area contributed by atoms with Gasteiger partial charge in [-0.1, -0.05) is 36.4 Å². The zero-order chi connectivity index (χ0) is 17.3. The van der Waals surface area contributed by atoms with Crippen molar-refractivity contribution in [2.75, 3.05) is 11.9 Å². The summed E-state index contributed by atoms with van der Waals surface area (Å²) in [6.45, 7) is 0.731. The van der Waals surface area contributed by atoms with E-state index in [1.165, 1.54) is 13.0 Å². The van der Waals surface area contributed by atoms with E-state index >= 15 is 0 Å². The molecule has 2 aromatic rings. The summed E-state index contributed by atoms with van der Waals surface area (Å²) in [7, 11) is 0. The molecule has 1 aliphatic carbocycles. The zero-order valence-electron chi connectivity index (χ0n) is 12.8. The summed E-state index contributed by atoms with van der Waals surface area (Å²) in [5, 5.41) is 2.52. The molecule has 0 radical (unpaired) electrons. The number of anilines is 1. The van der Waals surface area contributed by atoms with Gasteiger partial charge in [0, 0.05) is 23.6 Å². The molecule has 6 heteroatoms. The highest BCUT2D eigenvalue weighted by Crippen LogP contribution is 2.31. The van der Waals surface area contributed by atoms with Crippen LogP contribution in [-0.2, 0) is 14.3 Å². The first kappa shape index (κ1) is 15.6. The number of carbonyl (C=O) groups excluding carboxylic acids is 4. The average Bonchev–Trinajstić information content (AvgIpc) is 2.58. The van der Waals surface area contributed by atoms with Gasteiger partial charge in [-0.05, 0) is 6.07 Å². The van der Waals surface area contributed by atoms with E-state index in [1.807, 2.05) is 0 Å². The molecule has 0 spiro atoms. The Morgan fingerprint density at radius 2 is 1.54 bits per heavy atom. The van der Waals surface area contributed by atoms with Gasteiger partial charge in [0.15, 0.2) is 18.2 Å². The number of benzene rings is 2. The fourth-order valence-corrected chi connectivity index (χ4v) is 2.60. The third-order valence-electron chi connectivity index (χ3n) is 3.63. The zero-order valence-corrected chi connectivity index (χ0v) is 12.8. The molecule has 24 heavy (non-hydrogen) atoms. The van der Waals surface area contributed by atoms with E-state index in [9.17, 15) is 19.2 Å². The molecule has 6 nitrogen and oxygen atoms in total. The summed E-state index contributed by atoms with van der Waals surface area (Å²) in [4.78, 5) is 47.9. The highest BCUT2D eigenvalue weighted by Gasteiger charge is 2.31. The van der Waals surface area contributed by atoms with Crippen molar-refractivity contribution in [3.8, 4) is 0 Å². The summed E-state index contributed by atoms with van der Waals surface area (Å²) in [5.41, 5.74) is 1.26. The first-order valence-electron chi connectivity index (χ1n) is 7.23. The first-order chi connectivity index (χ1) is 11.5. The van der Waals surface area contributed by atoms with Crippen molar-refractivity contribution in [1.29, 1.82) is 0 Å². The molecule has 0 saturated carbocycles. The highest BCUT2D eigenvalue weighted by atomic mass is 16.5. The van der Waals surface area contributed by atoms with Crippen LogP contribution in [0.4, 0.5) is 5.69 Å². The van der Waals surface area contributed by atoms with E-state index < -0.39 is 18.5 Å². The van der Waals surface area contributed by atoms with Crippen LogP contribution in [0.25, 0.3) is 0 Å². The average molecular weight is 323 g/mol. The Hall–Kier alpha value is -3.28. The number of ether oxygens (including phenoxy) is 1. The topological polar surface area (TPSA) is 89.5 Å². The fourth-order valence-electron chi connectivity index (χ4n) is 2.60. The van der Waals surface area contributed by atoms with Crippen molar-refractivity contribution in [2.24, 2.45) is 0 Å². The van der Waals surface area contributed by atoms with Crippen molar-refractivity contribution in [3.63, 3.8) is 0 Å². The maximum Gasteiger partial charge on any atom is 0.303 e. The highest BCUT2D eigenvalue weighted by molar-refractivity contribution is 6.30. The molecule has 0 bridgehead atoms. The number of esters is 1. The van der Waals surface area contributed by atoms with Crippen LogP contribution in [0.5, 0.6) is 0 Å². The second kappa shape index (κ2) is 6.08. The molecule has 0 heterocycles. The summed E-state index contributed by atoms with van der Waals surface area (Å²) in [6.07, 6.45) is 0. The molecule has 0 atom stereocenters. The van der Waals surface area contributed by atoms with Gasteiger partial charge in [0.2, 0.25) is 0 Å². The fraction of sp³-hybridized carbons (Fsp3) is 0.111. The van der Waals surface area contributed by atoms with Gasteiger partial charge in [0.25, 0.3) is 5.91 Å². The van der Waals surface area contributed by atoms with Gasteiger partial charge in [-0.2, -0.15) is 0 Å². The molecule has 120 valence electrons. The maximum absolute atomic E-state index is 12.7. The monoisotopic (exact) mass is 323 g/mol. The number of hydrogen-bond acceptors (Lipinski definition) is 5. The number of amides is 1. The summed E-state index contributed by atoms with van der Waals surface area (Å²) >= 11 is 0. The SMILES string of the molecule is CC(=O)OCC(=O)Nc1cccc2c1C(=O)c1ccccc1C2=O. The largest absolute Gasteiger partial charge is 0.456 e. The van der Waals surface area contributed by atoms with Gasteiger partial charge in [-0.3, -0.25) is 19.2 Å². The number of ketones is 2. The van der Waals surface area contributed by atoms with Gasteiger partial charge in [-0.15, -0.1) is 0 Å². The minimum Gasteiger partial charge on any atom is -0.456 e. The Balaban J connectivity index is 1.98. The normalized spacial score (nSPS) is 12.2. The minimum atomic E-state index is -0.585. The second-order valence-electron chi connectivity index (χ2n) is 5.26. The second-order valence-corrected chi connectivity index (χ2v) is 5.26. The van der Waals surface area contributed by atoms with E-state index in [4.69, 9.17) is 0 Å². The van der Waals surface area contributed by atoms with Crippen molar-refractivity contribution in [3.05, 3.63) is 64.7 Å². The van der Waals surface area contributed by atoms with E-state index in [-0.39, 0.29) is 28.4 Å². The lowest BCUT2D eigenvalue weighted by Gasteiger charge is -2.20. The van der Waals surface area contributed by atoms with Gasteiger partial charge >= 0.3 is 5.97 Å². The molecule has 2 aromatic carbocycles. The van der Waals surface area contributed by atoms with E-state index in [0.29, 0.717) is 11.1 Å². The van der Waals surface area contributed by atoms with Crippen molar-refractivity contribution < 1.29 is 23.9 Å². The Bertz CT molecular complexity index is 885. The molecule has 3 rings (SSSR count). The standard InChI is InChI=1S/C18H13NO5/c1-10(20)24-9-15(21)19-14-8-4-7-13-16(14)18(23)12-6-3-2-5-11(12)17(13)22/h2-8H,9H2,1H3,(H,19,21). The van der Waals surface area contributed by atoms with Crippen LogP contribution in [0.1, 0.15) is 38.8 Å². The number of fused-ring (bicyclic) bond motifs is 2. The predicted octanol–water partition coefficient (Wildman–Crippen LogP) is 1.96.